The van der Waals surface area contributed by atoms with Gasteiger partial charge in [-0.05, 0) is 37.0 Å². The van der Waals surface area contributed by atoms with Crippen LogP contribution in [0.1, 0.15) is 34.8 Å². The molecule has 1 saturated carbocycles. The van der Waals surface area contributed by atoms with E-state index >= 15 is 0 Å². The minimum Gasteiger partial charge on any atom is -0.381 e. The highest BCUT2D eigenvalue weighted by atomic mass is 16.5. The molecule has 2 fully saturated rings. The lowest BCUT2D eigenvalue weighted by molar-refractivity contribution is 0.0739. The fraction of sp³-hybridized carbons (Fsp3) is 0.450. The van der Waals surface area contributed by atoms with Crippen molar-refractivity contribution in [3.05, 3.63) is 64.3 Å². The van der Waals surface area contributed by atoms with E-state index in [1.54, 1.807) is 12.3 Å². The number of carbonyl (C=O) groups excluding carboxylic acids is 1. The molecule has 2 aliphatic rings. The number of likely N-dealkylation sites (tertiary alicyclic amines) is 1. The molecule has 136 valence electrons. The molecule has 2 atom stereocenters. The maximum absolute atomic E-state index is 12.8. The van der Waals surface area contributed by atoms with Crippen LogP contribution >= 0.6 is 0 Å². The lowest BCUT2D eigenvalue weighted by Crippen LogP contribution is -2.30. The zero-order valence-corrected chi connectivity index (χ0v) is 14.6. The van der Waals surface area contributed by atoms with Crippen molar-refractivity contribution < 1.29 is 9.53 Å². The Morgan fingerprint density at radius 2 is 2.12 bits per heavy atom. The first kappa shape index (κ1) is 17.0. The summed E-state index contributed by atoms with van der Waals surface area (Å²) in [7, 11) is 0. The van der Waals surface area contributed by atoms with Gasteiger partial charge in [0, 0.05) is 61.2 Å². The van der Waals surface area contributed by atoms with Crippen LogP contribution in [-0.2, 0) is 4.74 Å². The van der Waals surface area contributed by atoms with Gasteiger partial charge in [0.2, 0.25) is 5.56 Å². The van der Waals surface area contributed by atoms with E-state index < -0.39 is 0 Å². The summed E-state index contributed by atoms with van der Waals surface area (Å²) in [5.41, 5.74) is 1.16. The molecule has 6 nitrogen and oxygen atoms in total. The lowest BCUT2D eigenvalue weighted by atomic mass is 9.93. The van der Waals surface area contributed by atoms with E-state index in [0.29, 0.717) is 25.3 Å². The van der Waals surface area contributed by atoms with Crippen molar-refractivity contribution in [1.82, 2.24) is 14.9 Å². The van der Waals surface area contributed by atoms with E-state index in [-0.39, 0.29) is 23.3 Å². The van der Waals surface area contributed by atoms with Gasteiger partial charge in [-0.1, -0.05) is 6.07 Å². The standard InChI is InChI=1S/C20H23N3O3/c24-19-9-15(6-8-22-19)20(25)23-10-16(13-26-12-14-4-5-14)17(11-23)18-3-1-2-7-21-18/h1-3,6-9,14,16-17H,4-5,10-13H2,(H,22,24)/t16-,17+/m0/s1. The first-order chi connectivity index (χ1) is 12.7. The number of pyridine rings is 2. The number of carbonyl (C=O) groups is 1. The molecule has 1 aliphatic heterocycles. The second-order valence-corrected chi connectivity index (χ2v) is 7.25. The molecule has 0 aromatic carbocycles. The number of rotatable bonds is 6. The van der Waals surface area contributed by atoms with Crippen molar-refractivity contribution >= 4 is 5.91 Å². The van der Waals surface area contributed by atoms with Crippen LogP contribution in [0.15, 0.2) is 47.5 Å². The molecule has 6 heteroatoms. The van der Waals surface area contributed by atoms with Crippen LogP contribution in [-0.4, -0.2) is 47.1 Å². The predicted molar refractivity (Wildman–Crippen MR) is 97.0 cm³/mol. The summed E-state index contributed by atoms with van der Waals surface area (Å²) in [6, 6.07) is 8.90. The molecule has 26 heavy (non-hydrogen) atoms. The van der Waals surface area contributed by atoms with Gasteiger partial charge >= 0.3 is 0 Å². The first-order valence-corrected chi connectivity index (χ1v) is 9.17. The topological polar surface area (TPSA) is 75.3 Å². The molecule has 1 N–H and O–H groups in total. The number of H-pyrrole nitrogens is 1. The highest BCUT2D eigenvalue weighted by molar-refractivity contribution is 5.94. The Morgan fingerprint density at radius 3 is 2.85 bits per heavy atom. The fourth-order valence-electron chi connectivity index (χ4n) is 3.57. The number of amides is 1. The predicted octanol–water partition coefficient (Wildman–Crippen LogP) is 2.05. The highest BCUT2D eigenvalue weighted by Gasteiger charge is 2.37. The Morgan fingerprint density at radius 1 is 1.23 bits per heavy atom. The molecule has 1 amide bonds. The van der Waals surface area contributed by atoms with Gasteiger partial charge in [0.05, 0.1) is 6.61 Å². The Bertz CT molecular complexity index is 816. The van der Waals surface area contributed by atoms with Gasteiger partial charge in [0.15, 0.2) is 0 Å². The Hall–Kier alpha value is -2.47. The van der Waals surface area contributed by atoms with Crippen LogP contribution < -0.4 is 5.56 Å². The molecular formula is C20H23N3O3. The molecule has 2 aromatic heterocycles. The van der Waals surface area contributed by atoms with Crippen molar-refractivity contribution in [2.45, 2.75) is 18.8 Å². The summed E-state index contributed by atoms with van der Waals surface area (Å²) in [6.07, 6.45) is 5.83. The molecule has 1 aliphatic carbocycles. The lowest BCUT2D eigenvalue weighted by Gasteiger charge is -2.17. The van der Waals surface area contributed by atoms with Crippen LogP contribution in [0.25, 0.3) is 0 Å². The second kappa shape index (κ2) is 7.41. The quantitative estimate of drug-likeness (QED) is 0.862. The minimum atomic E-state index is -0.263. The van der Waals surface area contributed by atoms with E-state index in [9.17, 15) is 9.59 Å². The normalized spacial score (nSPS) is 22.5. The van der Waals surface area contributed by atoms with Crippen molar-refractivity contribution in [2.24, 2.45) is 11.8 Å². The van der Waals surface area contributed by atoms with Crippen LogP contribution in [0, 0.1) is 11.8 Å². The van der Waals surface area contributed by atoms with Crippen molar-refractivity contribution in [2.75, 3.05) is 26.3 Å². The average molecular weight is 353 g/mol. The van der Waals surface area contributed by atoms with Gasteiger partial charge in [-0.25, -0.2) is 0 Å². The third kappa shape index (κ3) is 3.85. The van der Waals surface area contributed by atoms with Gasteiger partial charge in [0.25, 0.3) is 5.91 Å². The van der Waals surface area contributed by atoms with Gasteiger partial charge in [-0.3, -0.25) is 14.6 Å². The second-order valence-electron chi connectivity index (χ2n) is 7.25. The van der Waals surface area contributed by atoms with Crippen LogP contribution in [0.4, 0.5) is 0 Å². The molecule has 2 aromatic rings. The molecule has 3 heterocycles. The smallest absolute Gasteiger partial charge is 0.254 e. The number of aromatic amines is 1. The molecular weight excluding hydrogens is 330 g/mol. The maximum atomic E-state index is 12.8. The molecule has 0 radical (unpaired) electrons. The zero-order chi connectivity index (χ0) is 17.9. The number of nitrogens with one attached hydrogen (secondary N) is 1. The third-order valence-corrected chi connectivity index (χ3v) is 5.20. The third-order valence-electron chi connectivity index (χ3n) is 5.20. The average Bonchev–Trinajstić information content (AvgIpc) is 3.39. The van der Waals surface area contributed by atoms with Gasteiger partial charge < -0.3 is 14.6 Å². The molecule has 0 bridgehead atoms. The zero-order valence-electron chi connectivity index (χ0n) is 14.6. The highest BCUT2D eigenvalue weighted by Crippen LogP contribution is 2.34. The summed E-state index contributed by atoms with van der Waals surface area (Å²) in [5.74, 6) is 0.983. The molecule has 1 saturated heterocycles. The number of hydrogen-bond acceptors (Lipinski definition) is 4. The summed E-state index contributed by atoms with van der Waals surface area (Å²) in [5, 5.41) is 0. The Balaban J connectivity index is 1.49. The minimum absolute atomic E-state index is 0.110. The molecule has 0 unspecified atom stereocenters. The summed E-state index contributed by atoms with van der Waals surface area (Å²) in [6.45, 7) is 2.67. The van der Waals surface area contributed by atoms with Crippen LogP contribution in [0.5, 0.6) is 0 Å². The van der Waals surface area contributed by atoms with E-state index in [1.807, 2.05) is 23.1 Å². The molecule has 0 spiro atoms. The van der Waals surface area contributed by atoms with Crippen molar-refractivity contribution in [3.63, 3.8) is 0 Å². The summed E-state index contributed by atoms with van der Waals surface area (Å²) >= 11 is 0. The number of aromatic nitrogens is 2. The van der Waals surface area contributed by atoms with Gasteiger partial charge in [-0.2, -0.15) is 0 Å². The number of hydrogen-bond donors (Lipinski definition) is 1. The van der Waals surface area contributed by atoms with Crippen molar-refractivity contribution in [3.8, 4) is 0 Å². The maximum Gasteiger partial charge on any atom is 0.254 e. The summed E-state index contributed by atoms with van der Waals surface area (Å²) in [4.78, 5) is 33.2. The van der Waals surface area contributed by atoms with Crippen LogP contribution in [0.2, 0.25) is 0 Å². The van der Waals surface area contributed by atoms with Gasteiger partial charge in [0.1, 0.15) is 0 Å². The van der Waals surface area contributed by atoms with Crippen molar-refractivity contribution in [1.29, 1.82) is 0 Å². The SMILES string of the molecule is O=C(c1cc[nH]c(=O)c1)N1C[C@@H](COCC2CC2)[C@H](c2ccccn2)C1. The molecule has 4 rings (SSSR count). The Kier molecular flexibility index (Phi) is 4.84. The first-order valence-electron chi connectivity index (χ1n) is 9.17. The number of ether oxygens (including phenoxy) is 1. The summed E-state index contributed by atoms with van der Waals surface area (Å²) < 4.78 is 5.93. The Labute approximate surface area is 152 Å². The van der Waals surface area contributed by atoms with E-state index in [0.717, 1.165) is 18.2 Å². The number of nitrogens with zero attached hydrogens (tertiary/aromatic N) is 2. The fourth-order valence-corrected chi connectivity index (χ4v) is 3.57. The van der Waals surface area contributed by atoms with E-state index in [1.165, 1.54) is 25.1 Å². The monoisotopic (exact) mass is 353 g/mol. The largest absolute Gasteiger partial charge is 0.381 e. The van der Waals surface area contributed by atoms with E-state index in [2.05, 4.69) is 9.97 Å². The van der Waals surface area contributed by atoms with Crippen LogP contribution in [0.3, 0.4) is 0 Å². The van der Waals surface area contributed by atoms with E-state index in [4.69, 9.17) is 4.74 Å². The van der Waals surface area contributed by atoms with Gasteiger partial charge in [-0.15, -0.1) is 0 Å².